The molecule has 0 amide bonds. The normalized spacial score (nSPS) is 19.0. The van der Waals surface area contributed by atoms with Gasteiger partial charge in [-0.1, -0.05) is 165 Å². The number of hydrogen-bond acceptors (Lipinski definition) is 4. The second-order valence-electron chi connectivity index (χ2n) is 30.0. The van der Waals surface area contributed by atoms with Crippen LogP contribution in [0.4, 0.5) is 51.2 Å². The molecule has 0 unspecified atom stereocenters. The first-order valence-corrected chi connectivity index (χ1v) is 29.9. The van der Waals surface area contributed by atoms with Gasteiger partial charge in [0.1, 0.15) is 5.58 Å². The summed E-state index contributed by atoms with van der Waals surface area (Å²) in [5.74, 6) is 0. The highest BCUT2D eigenvalue weighted by Gasteiger charge is 2.49. The van der Waals surface area contributed by atoms with Crippen LogP contribution in [0.15, 0.2) is 138 Å². The van der Waals surface area contributed by atoms with E-state index in [4.69, 9.17) is 4.42 Å². The maximum atomic E-state index is 7.80. The first-order valence-electron chi connectivity index (χ1n) is 29.9. The van der Waals surface area contributed by atoms with E-state index >= 15 is 0 Å². The molecule has 79 heavy (non-hydrogen) atoms. The maximum Gasteiger partial charge on any atom is 0.297 e. The smallest absolute Gasteiger partial charge is 0.297 e. The van der Waals surface area contributed by atoms with E-state index in [-0.39, 0.29) is 44.6 Å². The molecule has 0 saturated heterocycles. The highest BCUT2D eigenvalue weighted by molar-refractivity contribution is 7.00. The number of aryl methyl sites for hydroxylation is 1. The minimum absolute atomic E-state index is 0.00920. The topological polar surface area (TPSA) is 22.9 Å². The van der Waals surface area contributed by atoms with Crippen LogP contribution < -0.4 is 31.3 Å². The van der Waals surface area contributed by atoms with Crippen LogP contribution in [0, 0.1) is 0 Å². The molecule has 0 radical (unpaired) electrons. The molecular weight excluding hydrogens is 958 g/mol. The predicted molar refractivity (Wildman–Crippen MR) is 339 cm³/mol. The fourth-order valence-corrected chi connectivity index (χ4v) is 15.0. The molecule has 3 aliphatic carbocycles. The summed E-state index contributed by atoms with van der Waals surface area (Å²) in [5, 5.41) is 1.20. The average molecular weight is 1040 g/mol. The van der Waals surface area contributed by atoms with E-state index in [2.05, 4.69) is 259 Å². The Bertz CT molecular complexity index is 3780. The van der Waals surface area contributed by atoms with E-state index in [0.717, 1.165) is 54.0 Å². The van der Waals surface area contributed by atoms with Gasteiger partial charge in [0.05, 0.1) is 17.0 Å². The molecule has 5 aliphatic rings. The molecule has 3 heterocycles. The maximum absolute atomic E-state index is 7.80. The Morgan fingerprint density at radius 3 is 1.62 bits per heavy atom. The zero-order chi connectivity index (χ0) is 55.7. The fraction of sp³-hybridized carbons (Fsp3) is 0.405. The second kappa shape index (κ2) is 17.3. The Kier molecular flexibility index (Phi) is 11.4. The SMILES string of the molecule is CC(C)(C)c1ccc(N(c2ccccc2)c2cc3c4c(c2)N(c2ccc5c(c2)CCCC5(C)C)c2c(oc5cc6c(cc25)C(C)(C)CCC6(C)C)B4c2cc(C(C)(C)C)ccc2N3c2ccc3c(c2)C(C)(C)CCC3(C)C)cc1. The number of hydrogen-bond donors (Lipinski definition) is 0. The summed E-state index contributed by atoms with van der Waals surface area (Å²) >= 11 is 0. The van der Waals surface area contributed by atoms with Gasteiger partial charge in [0.25, 0.3) is 6.71 Å². The first kappa shape index (κ1) is 52.0. The molecule has 0 saturated carbocycles. The van der Waals surface area contributed by atoms with Crippen molar-refractivity contribution in [1.29, 1.82) is 0 Å². The van der Waals surface area contributed by atoms with Gasteiger partial charge in [-0.05, 0) is 217 Å². The van der Waals surface area contributed by atoms with Crippen LogP contribution in [0.1, 0.15) is 194 Å². The lowest BCUT2D eigenvalue weighted by atomic mass is 9.35. The number of para-hydroxylation sites is 1. The lowest BCUT2D eigenvalue weighted by molar-refractivity contribution is 0.332. The third-order valence-corrected chi connectivity index (χ3v) is 20.2. The third kappa shape index (κ3) is 8.19. The number of anilines is 9. The van der Waals surface area contributed by atoms with E-state index in [1.807, 2.05) is 0 Å². The Morgan fingerprint density at radius 1 is 0.456 bits per heavy atom. The predicted octanol–water partition coefficient (Wildman–Crippen LogP) is 18.9. The molecule has 4 nitrogen and oxygen atoms in total. The average Bonchev–Trinajstić information content (AvgIpc) is 3.00. The van der Waals surface area contributed by atoms with E-state index < -0.39 is 0 Å². The van der Waals surface area contributed by atoms with Crippen molar-refractivity contribution < 1.29 is 4.42 Å². The van der Waals surface area contributed by atoms with Crippen LogP contribution >= 0.6 is 0 Å². The van der Waals surface area contributed by atoms with Crippen LogP contribution in [0.25, 0.3) is 11.0 Å². The van der Waals surface area contributed by atoms with Gasteiger partial charge in [-0.15, -0.1) is 0 Å². The van der Waals surface area contributed by atoms with Crippen molar-refractivity contribution in [3.05, 3.63) is 178 Å². The molecule has 2 aliphatic heterocycles. The van der Waals surface area contributed by atoms with E-state index in [1.165, 1.54) is 114 Å². The van der Waals surface area contributed by atoms with Gasteiger partial charge in [-0.3, -0.25) is 0 Å². The summed E-state index contributed by atoms with van der Waals surface area (Å²) in [6.07, 6.45) is 8.06. The zero-order valence-electron chi connectivity index (χ0n) is 50.5. The molecule has 0 bridgehead atoms. The molecule has 404 valence electrons. The minimum atomic E-state index is -0.190. The summed E-state index contributed by atoms with van der Waals surface area (Å²) in [6.45, 7) is 38.3. The second-order valence-corrected chi connectivity index (χ2v) is 30.0. The summed E-state index contributed by atoms with van der Waals surface area (Å²) < 4.78 is 7.80. The Balaban J connectivity index is 1.19. The molecule has 0 spiro atoms. The van der Waals surface area contributed by atoms with E-state index in [1.54, 1.807) is 0 Å². The fourth-order valence-electron chi connectivity index (χ4n) is 15.0. The Labute approximate surface area is 473 Å². The van der Waals surface area contributed by atoms with Crippen molar-refractivity contribution in [2.75, 3.05) is 14.7 Å². The summed E-state index contributed by atoms with van der Waals surface area (Å²) in [7, 11) is 0. The number of nitrogens with zero attached hydrogens (tertiary/aromatic N) is 3. The molecule has 0 atom stereocenters. The first-order chi connectivity index (χ1) is 37.1. The number of fused-ring (bicyclic) bond motifs is 9. The van der Waals surface area contributed by atoms with Gasteiger partial charge in [-0.2, -0.15) is 0 Å². The molecule has 8 aromatic rings. The highest BCUT2D eigenvalue weighted by atomic mass is 16.3. The Morgan fingerprint density at radius 2 is 0.987 bits per heavy atom. The zero-order valence-corrected chi connectivity index (χ0v) is 50.5. The Hall–Kier alpha value is -6.46. The molecule has 7 aromatic carbocycles. The van der Waals surface area contributed by atoms with E-state index in [0.29, 0.717) is 0 Å². The van der Waals surface area contributed by atoms with E-state index in [9.17, 15) is 0 Å². The largest absolute Gasteiger partial charge is 0.468 e. The van der Waals surface area contributed by atoms with Crippen molar-refractivity contribution in [3.8, 4) is 0 Å². The van der Waals surface area contributed by atoms with Gasteiger partial charge in [0.15, 0.2) is 0 Å². The van der Waals surface area contributed by atoms with Crippen LogP contribution in [0.2, 0.25) is 0 Å². The van der Waals surface area contributed by atoms with Crippen LogP contribution in [-0.2, 0) is 44.3 Å². The lowest BCUT2D eigenvalue weighted by Crippen LogP contribution is -2.61. The molecule has 0 fully saturated rings. The van der Waals surface area contributed by atoms with Crippen molar-refractivity contribution in [1.82, 2.24) is 0 Å². The van der Waals surface area contributed by atoms with Gasteiger partial charge < -0.3 is 19.1 Å². The highest BCUT2D eigenvalue weighted by Crippen LogP contribution is 2.55. The van der Waals surface area contributed by atoms with Gasteiger partial charge in [0, 0.05) is 45.2 Å². The molecular formula is C74H84BN3O. The monoisotopic (exact) mass is 1040 g/mol. The number of rotatable bonds is 5. The van der Waals surface area contributed by atoms with Crippen molar-refractivity contribution >= 4 is 85.5 Å². The molecule has 1 aromatic heterocycles. The van der Waals surface area contributed by atoms with Crippen molar-refractivity contribution in [2.45, 2.75) is 194 Å². The van der Waals surface area contributed by atoms with Crippen LogP contribution in [-0.4, -0.2) is 6.71 Å². The van der Waals surface area contributed by atoms with Crippen LogP contribution in [0.5, 0.6) is 0 Å². The van der Waals surface area contributed by atoms with Crippen molar-refractivity contribution in [3.63, 3.8) is 0 Å². The number of furan rings is 1. The molecule has 5 heteroatoms. The van der Waals surface area contributed by atoms with Gasteiger partial charge in [0.2, 0.25) is 0 Å². The summed E-state index contributed by atoms with van der Waals surface area (Å²) in [4.78, 5) is 7.82. The van der Waals surface area contributed by atoms with Gasteiger partial charge >= 0.3 is 0 Å². The summed E-state index contributed by atoms with van der Waals surface area (Å²) in [6, 6.07) is 52.9. The lowest BCUT2D eigenvalue weighted by Gasteiger charge is -2.45. The molecule has 0 N–H and O–H groups in total. The minimum Gasteiger partial charge on any atom is -0.468 e. The quantitative estimate of drug-likeness (QED) is 0.160. The van der Waals surface area contributed by atoms with Crippen LogP contribution in [0.3, 0.4) is 0 Å². The summed E-state index contributed by atoms with van der Waals surface area (Å²) in [5.41, 5.74) is 26.6. The third-order valence-electron chi connectivity index (χ3n) is 20.2. The van der Waals surface area contributed by atoms with Crippen molar-refractivity contribution in [2.24, 2.45) is 0 Å². The molecule has 13 rings (SSSR count). The number of benzene rings is 7. The van der Waals surface area contributed by atoms with Gasteiger partial charge in [-0.25, -0.2) is 0 Å². The standard InChI is InChI=1S/C74H84BN3O/c1-68(2,3)47-24-27-50(28-25-47)76(49-22-18-17-19-23-49)53-42-62-65-63(43-53)78(51-29-31-55-46(39-51)21-20-34-70(55,7)8)66-54-44-58-59(74(15,16)38-37-73(58,13)14)45-64(54)79-67(66)75(65)60-40-48(69(4,5)6)26-33-61(60)77(62)52-30-32-56-57(41-52)72(11,12)36-35-71(56,9)10/h17-19,22-33,39-45H,20-21,34-38H2,1-16H3.